The summed E-state index contributed by atoms with van der Waals surface area (Å²) in [7, 11) is 0. The van der Waals surface area contributed by atoms with Crippen molar-refractivity contribution in [3.63, 3.8) is 0 Å². The molecule has 0 saturated heterocycles. The second-order valence-electron chi connectivity index (χ2n) is 3.29. The van der Waals surface area contributed by atoms with Crippen LogP contribution < -0.4 is 0 Å². The van der Waals surface area contributed by atoms with Crippen LogP contribution in [0.15, 0.2) is 18.2 Å². The Labute approximate surface area is 85.9 Å². The molecule has 0 spiro atoms. The van der Waals surface area contributed by atoms with Gasteiger partial charge in [0, 0.05) is 3.57 Å². The Balaban J connectivity index is 2.36. The summed E-state index contributed by atoms with van der Waals surface area (Å²) in [6.07, 6.45) is 2.65. The molecule has 0 aliphatic heterocycles. The van der Waals surface area contributed by atoms with E-state index in [1.54, 1.807) is 0 Å². The number of hydrogen-bond acceptors (Lipinski definition) is 1. The molecule has 1 N–H and O–H groups in total. The summed E-state index contributed by atoms with van der Waals surface area (Å²) in [4.78, 5) is 0. The highest BCUT2D eigenvalue weighted by Crippen LogP contribution is 2.42. The maximum Gasteiger partial charge on any atom is 0.0681 e. The maximum absolute atomic E-state index is 8.95. The minimum atomic E-state index is 0.163. The van der Waals surface area contributed by atoms with Crippen LogP contribution in [0.1, 0.15) is 29.9 Å². The summed E-state index contributed by atoms with van der Waals surface area (Å²) in [5.41, 5.74) is 2.47. The molecule has 1 aliphatic rings. The average molecular weight is 274 g/mol. The van der Waals surface area contributed by atoms with Crippen LogP contribution in [0.5, 0.6) is 0 Å². The molecule has 1 aliphatic carbocycles. The molecule has 1 aromatic rings. The first-order chi connectivity index (χ1) is 5.81. The fourth-order valence-corrected chi connectivity index (χ4v) is 2.17. The van der Waals surface area contributed by atoms with Crippen LogP contribution in [-0.4, -0.2) is 5.11 Å². The van der Waals surface area contributed by atoms with Crippen LogP contribution in [0, 0.1) is 3.57 Å². The summed E-state index contributed by atoms with van der Waals surface area (Å²) in [6.45, 7) is 0.163. The molecule has 0 unspecified atom stereocenters. The van der Waals surface area contributed by atoms with E-state index in [0.29, 0.717) is 0 Å². The predicted octanol–water partition coefficient (Wildman–Crippen LogP) is 2.66. The Morgan fingerprint density at radius 3 is 2.75 bits per heavy atom. The minimum absolute atomic E-state index is 0.163. The van der Waals surface area contributed by atoms with E-state index >= 15 is 0 Å². The zero-order chi connectivity index (χ0) is 8.55. The largest absolute Gasteiger partial charge is 0.392 e. The van der Waals surface area contributed by atoms with Gasteiger partial charge in [0.2, 0.25) is 0 Å². The molecule has 1 saturated carbocycles. The van der Waals surface area contributed by atoms with Crippen molar-refractivity contribution in [3.05, 3.63) is 32.9 Å². The standard InChI is InChI=1S/C10H11IO/c11-10-4-1-7(6-12)5-9(10)8-2-3-8/h1,4-5,8,12H,2-3,6H2. The highest BCUT2D eigenvalue weighted by atomic mass is 127. The smallest absolute Gasteiger partial charge is 0.0681 e. The average Bonchev–Trinajstić information content (AvgIpc) is 2.88. The lowest BCUT2D eigenvalue weighted by atomic mass is 10.1. The zero-order valence-electron chi connectivity index (χ0n) is 6.76. The van der Waals surface area contributed by atoms with Gasteiger partial charge in [0.25, 0.3) is 0 Å². The molecule has 2 heteroatoms. The minimum Gasteiger partial charge on any atom is -0.392 e. The quantitative estimate of drug-likeness (QED) is 0.822. The second kappa shape index (κ2) is 3.34. The van der Waals surface area contributed by atoms with Crippen LogP contribution in [-0.2, 0) is 6.61 Å². The van der Waals surface area contributed by atoms with Crippen molar-refractivity contribution in [1.29, 1.82) is 0 Å². The van der Waals surface area contributed by atoms with Gasteiger partial charge in [-0.05, 0) is 58.5 Å². The first kappa shape index (κ1) is 8.51. The highest BCUT2D eigenvalue weighted by Gasteiger charge is 2.25. The van der Waals surface area contributed by atoms with Crippen molar-refractivity contribution in [2.45, 2.75) is 25.4 Å². The third-order valence-corrected chi connectivity index (χ3v) is 3.24. The summed E-state index contributed by atoms with van der Waals surface area (Å²) in [6, 6.07) is 6.23. The lowest BCUT2D eigenvalue weighted by molar-refractivity contribution is 0.281. The van der Waals surface area contributed by atoms with E-state index in [9.17, 15) is 0 Å². The fraction of sp³-hybridized carbons (Fsp3) is 0.400. The van der Waals surface area contributed by atoms with Gasteiger partial charge in [-0.15, -0.1) is 0 Å². The van der Waals surface area contributed by atoms with Crippen molar-refractivity contribution in [3.8, 4) is 0 Å². The first-order valence-electron chi connectivity index (χ1n) is 4.20. The molecule has 0 bridgehead atoms. The summed E-state index contributed by atoms with van der Waals surface area (Å²) < 4.78 is 1.34. The van der Waals surface area contributed by atoms with Crippen molar-refractivity contribution in [1.82, 2.24) is 0 Å². The molecule has 0 aromatic heterocycles. The first-order valence-corrected chi connectivity index (χ1v) is 5.28. The number of rotatable bonds is 2. The molecular formula is C10H11IO. The Kier molecular flexibility index (Phi) is 2.37. The van der Waals surface area contributed by atoms with Crippen LogP contribution in [0.2, 0.25) is 0 Å². The third-order valence-electron chi connectivity index (χ3n) is 2.26. The Morgan fingerprint density at radius 2 is 2.17 bits per heavy atom. The number of benzene rings is 1. The SMILES string of the molecule is OCc1ccc(I)c(C2CC2)c1. The molecule has 1 nitrogen and oxygen atoms in total. The van der Waals surface area contributed by atoms with Crippen LogP contribution >= 0.6 is 22.6 Å². The zero-order valence-corrected chi connectivity index (χ0v) is 8.91. The number of hydrogen-bond donors (Lipinski definition) is 1. The number of halogens is 1. The fourth-order valence-electron chi connectivity index (χ4n) is 1.40. The van der Waals surface area contributed by atoms with Crippen molar-refractivity contribution in [2.24, 2.45) is 0 Å². The monoisotopic (exact) mass is 274 g/mol. The van der Waals surface area contributed by atoms with Gasteiger partial charge < -0.3 is 5.11 Å². The van der Waals surface area contributed by atoms with Gasteiger partial charge in [-0.3, -0.25) is 0 Å². The van der Waals surface area contributed by atoms with E-state index < -0.39 is 0 Å². The molecule has 1 fully saturated rings. The van der Waals surface area contributed by atoms with Crippen molar-refractivity contribution >= 4 is 22.6 Å². The van der Waals surface area contributed by atoms with E-state index in [4.69, 9.17) is 5.11 Å². The van der Waals surface area contributed by atoms with Crippen LogP contribution in [0.4, 0.5) is 0 Å². The molecule has 0 atom stereocenters. The maximum atomic E-state index is 8.95. The molecular weight excluding hydrogens is 263 g/mol. The molecule has 1 aromatic carbocycles. The van der Waals surface area contributed by atoms with Gasteiger partial charge in [0.15, 0.2) is 0 Å². The highest BCUT2D eigenvalue weighted by molar-refractivity contribution is 14.1. The van der Waals surface area contributed by atoms with Gasteiger partial charge in [0.05, 0.1) is 6.61 Å². The topological polar surface area (TPSA) is 20.2 Å². The Morgan fingerprint density at radius 1 is 1.42 bits per heavy atom. The van der Waals surface area contributed by atoms with Gasteiger partial charge in [0.1, 0.15) is 0 Å². The molecule has 12 heavy (non-hydrogen) atoms. The molecule has 2 rings (SSSR count). The van der Waals surface area contributed by atoms with Crippen molar-refractivity contribution < 1.29 is 5.11 Å². The lowest BCUT2D eigenvalue weighted by Crippen LogP contribution is -1.89. The van der Waals surface area contributed by atoms with E-state index in [1.165, 1.54) is 22.0 Å². The number of aliphatic hydroxyl groups is 1. The molecule has 0 amide bonds. The number of aliphatic hydroxyl groups excluding tert-OH is 1. The van der Waals surface area contributed by atoms with Gasteiger partial charge in [-0.25, -0.2) is 0 Å². The predicted molar refractivity (Wildman–Crippen MR) is 57.1 cm³/mol. The molecule has 0 heterocycles. The van der Waals surface area contributed by atoms with Crippen LogP contribution in [0.25, 0.3) is 0 Å². The van der Waals surface area contributed by atoms with Crippen molar-refractivity contribution in [2.75, 3.05) is 0 Å². The normalized spacial score (nSPS) is 16.5. The van der Waals surface area contributed by atoms with E-state index in [0.717, 1.165) is 11.5 Å². The Bertz CT molecular complexity index is 292. The third kappa shape index (κ3) is 1.64. The summed E-state index contributed by atoms with van der Waals surface area (Å²) >= 11 is 2.37. The van der Waals surface area contributed by atoms with Gasteiger partial charge >= 0.3 is 0 Å². The molecule has 64 valence electrons. The lowest BCUT2D eigenvalue weighted by Gasteiger charge is -2.04. The Hall–Kier alpha value is -0.0900. The van der Waals surface area contributed by atoms with E-state index in [-0.39, 0.29) is 6.61 Å². The van der Waals surface area contributed by atoms with Crippen LogP contribution in [0.3, 0.4) is 0 Å². The van der Waals surface area contributed by atoms with E-state index in [2.05, 4.69) is 34.7 Å². The summed E-state index contributed by atoms with van der Waals surface area (Å²) in [5.74, 6) is 0.781. The van der Waals surface area contributed by atoms with Gasteiger partial charge in [-0.2, -0.15) is 0 Å². The summed E-state index contributed by atoms with van der Waals surface area (Å²) in [5, 5.41) is 8.95. The molecule has 0 radical (unpaired) electrons. The van der Waals surface area contributed by atoms with Gasteiger partial charge in [-0.1, -0.05) is 12.1 Å². The second-order valence-corrected chi connectivity index (χ2v) is 4.45. The van der Waals surface area contributed by atoms with E-state index in [1.807, 2.05) is 6.07 Å².